The van der Waals surface area contributed by atoms with Gasteiger partial charge < -0.3 is 15.2 Å². The first-order valence-electron chi connectivity index (χ1n) is 10.5. The maximum atomic E-state index is 12.9. The quantitative estimate of drug-likeness (QED) is 0.471. The Bertz CT molecular complexity index is 1140. The third-order valence-electron chi connectivity index (χ3n) is 5.22. The van der Waals surface area contributed by atoms with Crippen LogP contribution in [-0.4, -0.2) is 26.8 Å². The van der Waals surface area contributed by atoms with Gasteiger partial charge in [0.1, 0.15) is 0 Å². The number of aromatic nitrogens is 3. The van der Waals surface area contributed by atoms with Crippen molar-refractivity contribution in [2.24, 2.45) is 0 Å². The lowest BCUT2D eigenvalue weighted by atomic mass is 10.1. The molecule has 9 heteroatoms. The first kappa shape index (κ1) is 24.0. The second kappa shape index (κ2) is 11.3. The van der Waals surface area contributed by atoms with Crippen LogP contribution in [0.1, 0.15) is 29.2 Å². The maximum Gasteiger partial charge on any atom is 0.254 e. The van der Waals surface area contributed by atoms with Crippen LogP contribution in [-0.2, 0) is 37.4 Å². The monoisotopic (exact) mass is 475 g/mol. The van der Waals surface area contributed by atoms with Gasteiger partial charge in [-0.2, -0.15) is 5.10 Å². The standard InChI is InChI=1S/C23H27Cl2N5O2/c1-3-26-12-17-4-5-19(24)10-18(17)13-27-22(31)11-21-16(2)6-7-29(23(21)32)8-9-30-15-20(25)14-28-30/h4-7,10,14-15,26H,3,8-9,11-13H2,1-2H3,(H,27,31). The minimum Gasteiger partial charge on any atom is -0.352 e. The lowest BCUT2D eigenvalue weighted by Gasteiger charge is -2.13. The van der Waals surface area contributed by atoms with Gasteiger partial charge in [-0.05, 0) is 48.4 Å². The number of hydrogen-bond acceptors (Lipinski definition) is 4. The van der Waals surface area contributed by atoms with Crippen LogP contribution in [0.3, 0.4) is 0 Å². The third-order valence-corrected chi connectivity index (χ3v) is 5.65. The van der Waals surface area contributed by atoms with E-state index in [1.165, 1.54) is 0 Å². The van der Waals surface area contributed by atoms with Crippen molar-refractivity contribution >= 4 is 29.1 Å². The van der Waals surface area contributed by atoms with Gasteiger partial charge in [-0.3, -0.25) is 14.3 Å². The highest BCUT2D eigenvalue weighted by Crippen LogP contribution is 2.16. The topological polar surface area (TPSA) is 80.9 Å². The summed E-state index contributed by atoms with van der Waals surface area (Å²) in [6.07, 6.45) is 5.01. The van der Waals surface area contributed by atoms with Gasteiger partial charge in [0.05, 0.1) is 24.2 Å². The van der Waals surface area contributed by atoms with Crippen molar-refractivity contribution in [2.45, 2.75) is 46.4 Å². The van der Waals surface area contributed by atoms with E-state index >= 15 is 0 Å². The third kappa shape index (κ3) is 6.45. The molecule has 170 valence electrons. The van der Waals surface area contributed by atoms with Crippen molar-refractivity contribution in [3.05, 3.63) is 85.5 Å². The number of nitrogens with one attached hydrogen (secondary N) is 2. The van der Waals surface area contributed by atoms with E-state index in [1.807, 2.05) is 38.1 Å². The summed E-state index contributed by atoms with van der Waals surface area (Å²) >= 11 is 12.0. The molecule has 0 aliphatic heterocycles. The Morgan fingerprint density at radius 2 is 1.91 bits per heavy atom. The summed E-state index contributed by atoms with van der Waals surface area (Å²) < 4.78 is 3.27. The molecule has 0 spiro atoms. The summed E-state index contributed by atoms with van der Waals surface area (Å²) in [6.45, 7) is 6.71. The van der Waals surface area contributed by atoms with Crippen LogP contribution in [0.2, 0.25) is 10.0 Å². The number of rotatable bonds is 10. The average Bonchev–Trinajstić information content (AvgIpc) is 3.19. The molecule has 32 heavy (non-hydrogen) atoms. The molecule has 0 unspecified atom stereocenters. The van der Waals surface area contributed by atoms with Crippen molar-refractivity contribution < 1.29 is 4.79 Å². The van der Waals surface area contributed by atoms with Crippen molar-refractivity contribution in [3.63, 3.8) is 0 Å². The fourth-order valence-corrected chi connectivity index (χ4v) is 3.73. The second-order valence-electron chi connectivity index (χ2n) is 7.54. The number of carbonyl (C=O) groups excluding carboxylic acids is 1. The van der Waals surface area contributed by atoms with Gasteiger partial charge in [-0.1, -0.05) is 36.2 Å². The highest BCUT2D eigenvalue weighted by Gasteiger charge is 2.13. The van der Waals surface area contributed by atoms with Gasteiger partial charge in [0.15, 0.2) is 0 Å². The maximum absolute atomic E-state index is 12.9. The van der Waals surface area contributed by atoms with Crippen molar-refractivity contribution in [1.82, 2.24) is 25.0 Å². The van der Waals surface area contributed by atoms with E-state index in [1.54, 1.807) is 27.8 Å². The Kier molecular flexibility index (Phi) is 8.50. The number of benzene rings is 1. The average molecular weight is 476 g/mol. The molecular formula is C23H27Cl2N5O2. The first-order chi connectivity index (χ1) is 15.4. The van der Waals surface area contributed by atoms with Crippen LogP contribution in [0.5, 0.6) is 0 Å². The lowest BCUT2D eigenvalue weighted by molar-refractivity contribution is -0.120. The summed E-state index contributed by atoms with van der Waals surface area (Å²) in [5.41, 5.74) is 3.14. The number of aryl methyl sites for hydroxylation is 3. The van der Waals surface area contributed by atoms with Crippen molar-refractivity contribution in [2.75, 3.05) is 6.54 Å². The molecule has 0 atom stereocenters. The molecule has 2 heterocycles. The molecule has 0 radical (unpaired) electrons. The zero-order valence-corrected chi connectivity index (χ0v) is 19.7. The fraction of sp³-hybridized carbons (Fsp3) is 0.348. The molecule has 3 aromatic rings. The van der Waals surface area contributed by atoms with Gasteiger partial charge in [-0.25, -0.2) is 0 Å². The molecular weight excluding hydrogens is 449 g/mol. The zero-order chi connectivity index (χ0) is 23.1. The summed E-state index contributed by atoms with van der Waals surface area (Å²) in [5.74, 6) is -0.212. The second-order valence-corrected chi connectivity index (χ2v) is 8.42. The normalized spacial score (nSPS) is 11.0. The molecule has 2 aromatic heterocycles. The first-order valence-corrected chi connectivity index (χ1v) is 11.2. The lowest BCUT2D eigenvalue weighted by Crippen LogP contribution is -2.31. The van der Waals surface area contributed by atoms with Crippen molar-refractivity contribution in [1.29, 1.82) is 0 Å². The van der Waals surface area contributed by atoms with Gasteiger partial charge in [0, 0.05) is 42.6 Å². The van der Waals surface area contributed by atoms with E-state index in [0.717, 1.165) is 23.2 Å². The molecule has 0 aliphatic carbocycles. The van der Waals surface area contributed by atoms with Crippen LogP contribution in [0, 0.1) is 6.92 Å². The van der Waals surface area contributed by atoms with E-state index in [4.69, 9.17) is 23.2 Å². The van der Waals surface area contributed by atoms with Crippen LogP contribution >= 0.6 is 23.2 Å². The molecule has 2 N–H and O–H groups in total. The molecule has 0 fully saturated rings. The van der Waals surface area contributed by atoms with E-state index < -0.39 is 0 Å². The van der Waals surface area contributed by atoms with E-state index in [2.05, 4.69) is 15.7 Å². The van der Waals surface area contributed by atoms with E-state index in [-0.39, 0.29) is 17.9 Å². The van der Waals surface area contributed by atoms with Crippen LogP contribution in [0.15, 0.2) is 47.7 Å². The van der Waals surface area contributed by atoms with Crippen LogP contribution in [0.25, 0.3) is 0 Å². The summed E-state index contributed by atoms with van der Waals surface area (Å²) in [4.78, 5) is 25.6. The molecule has 1 aromatic carbocycles. The Morgan fingerprint density at radius 1 is 1.09 bits per heavy atom. The Labute approximate surface area is 197 Å². The van der Waals surface area contributed by atoms with E-state index in [9.17, 15) is 9.59 Å². The molecule has 3 rings (SSSR count). The van der Waals surface area contributed by atoms with Crippen LogP contribution in [0.4, 0.5) is 0 Å². The molecule has 0 saturated heterocycles. The number of hydrogen-bond donors (Lipinski definition) is 2. The van der Waals surface area contributed by atoms with Crippen molar-refractivity contribution in [3.8, 4) is 0 Å². The largest absolute Gasteiger partial charge is 0.352 e. The van der Waals surface area contributed by atoms with Gasteiger partial charge in [0.2, 0.25) is 5.91 Å². The highest BCUT2D eigenvalue weighted by atomic mass is 35.5. The predicted octanol–water partition coefficient (Wildman–Crippen LogP) is 3.33. The Morgan fingerprint density at radius 3 is 2.62 bits per heavy atom. The number of halogens is 2. The fourth-order valence-electron chi connectivity index (χ4n) is 3.38. The number of carbonyl (C=O) groups is 1. The summed E-state index contributed by atoms with van der Waals surface area (Å²) in [7, 11) is 0. The number of pyridine rings is 1. The van der Waals surface area contributed by atoms with Crippen LogP contribution < -0.4 is 16.2 Å². The molecule has 1 amide bonds. The minimum atomic E-state index is -0.212. The minimum absolute atomic E-state index is 0.0161. The van der Waals surface area contributed by atoms with Gasteiger partial charge in [0.25, 0.3) is 5.56 Å². The Hall–Kier alpha value is -2.61. The van der Waals surface area contributed by atoms with Gasteiger partial charge >= 0.3 is 0 Å². The molecule has 0 saturated carbocycles. The molecule has 7 nitrogen and oxygen atoms in total. The molecule has 0 aliphatic rings. The van der Waals surface area contributed by atoms with Gasteiger partial charge in [-0.15, -0.1) is 0 Å². The molecule has 0 bridgehead atoms. The predicted molar refractivity (Wildman–Crippen MR) is 127 cm³/mol. The highest BCUT2D eigenvalue weighted by molar-refractivity contribution is 6.30. The Balaban J connectivity index is 1.66. The number of nitrogens with zero attached hydrogens (tertiary/aromatic N) is 3. The summed E-state index contributed by atoms with van der Waals surface area (Å²) in [5, 5.41) is 11.5. The SMILES string of the molecule is CCNCc1ccc(Cl)cc1CNC(=O)Cc1c(C)ccn(CCn2cc(Cl)cn2)c1=O. The smallest absolute Gasteiger partial charge is 0.254 e. The number of amides is 1. The van der Waals surface area contributed by atoms with E-state index in [0.29, 0.717) is 41.8 Å². The summed E-state index contributed by atoms with van der Waals surface area (Å²) in [6, 6.07) is 7.51. The zero-order valence-electron chi connectivity index (χ0n) is 18.2.